The maximum absolute atomic E-state index is 12.4. The van der Waals surface area contributed by atoms with Crippen molar-refractivity contribution < 1.29 is 14.7 Å². The summed E-state index contributed by atoms with van der Waals surface area (Å²) in [5.74, 6) is 2.12. The lowest BCUT2D eigenvalue weighted by atomic mass is 9.47. The lowest BCUT2D eigenvalue weighted by Crippen LogP contribution is -2.50. The molecule has 0 saturated heterocycles. The first-order valence-electron chi connectivity index (χ1n) is 9.79. The Labute approximate surface area is 144 Å². The molecule has 1 N–H and O–H groups in total. The van der Waals surface area contributed by atoms with Crippen LogP contribution in [0.25, 0.3) is 0 Å². The van der Waals surface area contributed by atoms with Crippen molar-refractivity contribution in [1.29, 1.82) is 0 Å². The number of allylic oxidation sites excluding steroid dienone is 2. The third kappa shape index (κ3) is 2.23. The van der Waals surface area contributed by atoms with Gasteiger partial charge in [-0.2, -0.15) is 0 Å². The van der Waals surface area contributed by atoms with Crippen molar-refractivity contribution in [2.24, 2.45) is 34.5 Å². The lowest BCUT2D eigenvalue weighted by molar-refractivity contribution is -0.138. The zero-order valence-corrected chi connectivity index (χ0v) is 15.0. The third-order valence-electron chi connectivity index (χ3n) is 8.38. The van der Waals surface area contributed by atoms with Gasteiger partial charge in [-0.1, -0.05) is 25.5 Å². The van der Waals surface area contributed by atoms with E-state index in [-0.39, 0.29) is 10.8 Å². The van der Waals surface area contributed by atoms with Gasteiger partial charge in [0.05, 0.1) is 0 Å². The van der Waals surface area contributed by atoms with Gasteiger partial charge in [-0.25, -0.2) is 0 Å². The Kier molecular flexibility index (Phi) is 3.71. The Morgan fingerprint density at radius 2 is 1.88 bits per heavy atom. The summed E-state index contributed by atoms with van der Waals surface area (Å²) in [4.78, 5) is 23.5. The van der Waals surface area contributed by atoms with Crippen LogP contribution in [-0.4, -0.2) is 16.9 Å². The minimum atomic E-state index is -0.657. The van der Waals surface area contributed by atoms with Crippen LogP contribution in [0.15, 0.2) is 11.6 Å². The Morgan fingerprint density at radius 3 is 2.62 bits per heavy atom. The average molecular weight is 330 g/mol. The summed E-state index contributed by atoms with van der Waals surface area (Å²) >= 11 is 0. The minimum absolute atomic E-state index is 0.0522. The number of hydrogen-bond donors (Lipinski definition) is 1. The number of carbonyl (C=O) groups is 2. The Balaban J connectivity index is 1.60. The first-order valence-corrected chi connectivity index (χ1v) is 9.79. The molecule has 4 aliphatic carbocycles. The van der Waals surface area contributed by atoms with Gasteiger partial charge in [-0.05, 0) is 74.0 Å². The molecule has 24 heavy (non-hydrogen) atoms. The number of carboxylic acids is 1. The molecule has 0 amide bonds. The van der Waals surface area contributed by atoms with E-state index in [1.54, 1.807) is 0 Å². The Hall–Kier alpha value is -1.12. The summed E-state index contributed by atoms with van der Waals surface area (Å²) in [7, 11) is 0. The molecule has 0 aliphatic heterocycles. The fourth-order valence-electron chi connectivity index (χ4n) is 6.93. The molecule has 3 saturated carbocycles. The van der Waals surface area contributed by atoms with E-state index >= 15 is 0 Å². The fraction of sp³-hybridized carbons (Fsp3) is 0.810. The molecule has 0 heterocycles. The molecule has 4 rings (SSSR count). The summed E-state index contributed by atoms with van der Waals surface area (Å²) in [5.41, 5.74) is 1.74. The van der Waals surface area contributed by atoms with Crippen LogP contribution in [0.1, 0.15) is 71.6 Å². The van der Waals surface area contributed by atoms with Crippen LogP contribution in [0.2, 0.25) is 0 Å². The number of ketones is 1. The normalized spacial score (nSPS) is 47.4. The number of Topliss-reactive ketones (excluding diaryl/α,β-unsaturated/α-hetero) is 1. The quantitative estimate of drug-likeness (QED) is 0.752. The second kappa shape index (κ2) is 5.44. The van der Waals surface area contributed by atoms with Crippen LogP contribution in [0, 0.1) is 34.5 Å². The molecule has 0 spiro atoms. The molecule has 0 aromatic carbocycles. The molecule has 3 fully saturated rings. The van der Waals surface area contributed by atoms with Crippen LogP contribution in [-0.2, 0) is 9.59 Å². The summed E-state index contributed by atoms with van der Waals surface area (Å²) in [6.07, 6.45) is 11.2. The molecule has 3 nitrogen and oxygen atoms in total. The molecular formula is C21H30O3. The van der Waals surface area contributed by atoms with Crippen LogP contribution in [0.3, 0.4) is 0 Å². The first kappa shape index (κ1) is 16.4. The van der Waals surface area contributed by atoms with Gasteiger partial charge in [0.25, 0.3) is 0 Å². The minimum Gasteiger partial charge on any atom is -0.481 e. The van der Waals surface area contributed by atoms with Gasteiger partial charge < -0.3 is 5.11 Å². The highest BCUT2D eigenvalue weighted by Crippen LogP contribution is 2.64. The van der Waals surface area contributed by atoms with E-state index in [1.807, 2.05) is 0 Å². The topological polar surface area (TPSA) is 54.4 Å². The van der Waals surface area contributed by atoms with Gasteiger partial charge in [-0.15, -0.1) is 0 Å². The number of carboxylic acid groups (broad SMARTS) is 1. The van der Waals surface area contributed by atoms with Crippen molar-refractivity contribution in [3.63, 3.8) is 0 Å². The highest BCUT2D eigenvalue weighted by Gasteiger charge is 2.58. The van der Waals surface area contributed by atoms with Crippen molar-refractivity contribution >= 4 is 11.8 Å². The maximum Gasteiger partial charge on any atom is 0.303 e. The maximum atomic E-state index is 12.4. The predicted octanol–water partition coefficient (Wildman–Crippen LogP) is 4.61. The van der Waals surface area contributed by atoms with Crippen molar-refractivity contribution in [2.75, 3.05) is 0 Å². The Bertz CT molecular complexity index is 606. The highest BCUT2D eigenvalue weighted by atomic mass is 16.4. The first-order chi connectivity index (χ1) is 11.3. The number of carbonyl (C=O) groups excluding carboxylic acids is 1. The van der Waals surface area contributed by atoms with Crippen molar-refractivity contribution in [3.05, 3.63) is 11.6 Å². The number of hydrogen-bond acceptors (Lipinski definition) is 2. The molecule has 0 aromatic heterocycles. The molecule has 132 valence electrons. The van der Waals surface area contributed by atoms with Gasteiger partial charge in [0, 0.05) is 18.3 Å². The average Bonchev–Trinajstić information content (AvgIpc) is 2.83. The number of aliphatic carboxylic acids is 1. The monoisotopic (exact) mass is 330 g/mol. The molecular weight excluding hydrogens is 300 g/mol. The molecule has 4 aliphatic rings. The molecule has 6 atom stereocenters. The van der Waals surface area contributed by atoms with Gasteiger partial charge in [0.1, 0.15) is 5.78 Å². The highest BCUT2D eigenvalue weighted by molar-refractivity contribution is 5.87. The predicted molar refractivity (Wildman–Crippen MR) is 92.5 cm³/mol. The molecule has 6 unspecified atom stereocenters. The summed E-state index contributed by atoms with van der Waals surface area (Å²) in [5, 5.41) is 9.12. The largest absolute Gasteiger partial charge is 0.481 e. The second-order valence-corrected chi connectivity index (χ2v) is 9.38. The van der Waals surface area contributed by atoms with Gasteiger partial charge in [0.2, 0.25) is 0 Å². The fourth-order valence-corrected chi connectivity index (χ4v) is 6.93. The van der Waals surface area contributed by atoms with E-state index in [1.165, 1.54) is 12.0 Å². The van der Waals surface area contributed by atoms with Gasteiger partial charge in [-0.3, -0.25) is 9.59 Å². The van der Waals surface area contributed by atoms with Crippen LogP contribution in [0.5, 0.6) is 0 Å². The van der Waals surface area contributed by atoms with Crippen LogP contribution >= 0.6 is 0 Å². The molecule has 0 radical (unpaired) electrons. The standard InChI is InChI=1S/C21H30O3/c1-20-9-7-13(12-19(23)24)11-14(20)3-4-15-16-5-6-18(22)21(16,2)10-8-17(15)20/h3,13,15-17H,4-12H2,1-2H3,(H,23,24). The summed E-state index contributed by atoms with van der Waals surface area (Å²) < 4.78 is 0. The summed E-state index contributed by atoms with van der Waals surface area (Å²) in [6.45, 7) is 4.67. The Morgan fingerprint density at radius 1 is 1.17 bits per heavy atom. The van der Waals surface area contributed by atoms with E-state index in [0.717, 1.165) is 44.9 Å². The SMILES string of the molecule is CC12CCC3C(CC=C4CC(CC(=O)O)CCC43C)C1CCC2=O. The van der Waals surface area contributed by atoms with Crippen molar-refractivity contribution in [2.45, 2.75) is 71.6 Å². The van der Waals surface area contributed by atoms with Crippen molar-refractivity contribution in [3.8, 4) is 0 Å². The van der Waals surface area contributed by atoms with E-state index in [4.69, 9.17) is 5.11 Å². The third-order valence-corrected chi connectivity index (χ3v) is 8.38. The number of rotatable bonds is 2. The zero-order chi connectivity index (χ0) is 17.1. The summed E-state index contributed by atoms with van der Waals surface area (Å²) in [6, 6.07) is 0. The van der Waals surface area contributed by atoms with Crippen LogP contribution < -0.4 is 0 Å². The van der Waals surface area contributed by atoms with E-state index in [9.17, 15) is 9.59 Å². The second-order valence-electron chi connectivity index (χ2n) is 9.38. The molecule has 0 bridgehead atoms. The van der Waals surface area contributed by atoms with Gasteiger partial charge in [0.15, 0.2) is 0 Å². The number of fused-ring (bicyclic) bond motifs is 5. The van der Waals surface area contributed by atoms with Crippen LogP contribution in [0.4, 0.5) is 0 Å². The van der Waals surface area contributed by atoms with E-state index in [2.05, 4.69) is 19.9 Å². The van der Waals surface area contributed by atoms with E-state index in [0.29, 0.717) is 35.9 Å². The van der Waals surface area contributed by atoms with Gasteiger partial charge >= 0.3 is 5.97 Å². The lowest BCUT2D eigenvalue weighted by Gasteiger charge is -2.57. The van der Waals surface area contributed by atoms with E-state index < -0.39 is 5.97 Å². The smallest absolute Gasteiger partial charge is 0.303 e. The zero-order valence-electron chi connectivity index (χ0n) is 15.0. The molecule has 0 aromatic rings. The molecule has 3 heteroatoms. The van der Waals surface area contributed by atoms with Crippen molar-refractivity contribution in [1.82, 2.24) is 0 Å².